The molecule has 0 amide bonds. The number of hydrogen-bond donors (Lipinski definition) is 4. The lowest BCUT2D eigenvalue weighted by atomic mass is 9.97. The van der Waals surface area contributed by atoms with Crippen molar-refractivity contribution in [3.63, 3.8) is 0 Å². The van der Waals surface area contributed by atoms with Gasteiger partial charge in [-0.15, -0.1) is 22.0 Å². The summed E-state index contributed by atoms with van der Waals surface area (Å²) in [6.45, 7) is -0.440. The van der Waals surface area contributed by atoms with Crippen molar-refractivity contribution >= 4 is 11.8 Å². The van der Waals surface area contributed by atoms with E-state index in [9.17, 15) is 29.2 Å². The average Bonchev–Trinajstić information content (AvgIpc) is 3.59. The van der Waals surface area contributed by atoms with Gasteiger partial charge in [-0.05, 0) is 24.3 Å². The number of aliphatic hydroxyl groups excluding tert-OH is 4. The number of ether oxygens (including phenoxy) is 1. The number of nitrogens with zero attached hydrogens (tertiary/aromatic N) is 6. The first-order valence-electron chi connectivity index (χ1n) is 12.1. The van der Waals surface area contributed by atoms with Gasteiger partial charge in [0.1, 0.15) is 52.8 Å². The molecule has 1 saturated heterocycles. The van der Waals surface area contributed by atoms with Gasteiger partial charge < -0.3 is 25.2 Å². The average molecular weight is 561 g/mol. The van der Waals surface area contributed by atoms with Crippen LogP contribution < -0.4 is 0 Å². The number of aliphatic hydroxyl groups is 4. The Labute approximate surface area is 225 Å². The first-order valence-corrected chi connectivity index (χ1v) is 13.1. The molecule has 0 bridgehead atoms. The Kier molecular flexibility index (Phi) is 8.30. The van der Waals surface area contributed by atoms with Crippen LogP contribution in [0.25, 0.3) is 22.5 Å². The minimum Gasteiger partial charge on any atom is -0.394 e. The fraction of sp³-hybridized carbons (Fsp3) is 0.360. The second-order valence-corrected chi connectivity index (χ2v) is 10.2. The van der Waals surface area contributed by atoms with Gasteiger partial charge in [0.05, 0.1) is 31.6 Å². The zero-order valence-corrected chi connectivity index (χ0v) is 21.2. The van der Waals surface area contributed by atoms with Gasteiger partial charge in [-0.2, -0.15) is 0 Å². The molecule has 2 aromatic carbocycles. The number of halogens is 2. The predicted molar refractivity (Wildman–Crippen MR) is 136 cm³/mol. The molecule has 0 aliphatic carbocycles. The van der Waals surface area contributed by atoms with Gasteiger partial charge in [0.25, 0.3) is 0 Å². The smallest absolute Gasteiger partial charge is 0.132 e. The van der Waals surface area contributed by atoms with E-state index in [1.54, 1.807) is 24.4 Å². The molecule has 5 rings (SSSR count). The van der Waals surface area contributed by atoms with E-state index >= 15 is 0 Å². The van der Waals surface area contributed by atoms with Gasteiger partial charge in [0.15, 0.2) is 0 Å². The van der Waals surface area contributed by atoms with Crippen LogP contribution in [0.3, 0.4) is 0 Å². The summed E-state index contributed by atoms with van der Waals surface area (Å²) >= 11 is 1.10. The van der Waals surface area contributed by atoms with Crippen LogP contribution in [0, 0.1) is 11.6 Å². The van der Waals surface area contributed by atoms with Crippen molar-refractivity contribution in [3.8, 4) is 22.5 Å². The molecule has 0 unspecified atom stereocenters. The Morgan fingerprint density at radius 1 is 0.923 bits per heavy atom. The molecular formula is C25H26F2N6O5S. The van der Waals surface area contributed by atoms with Crippen LogP contribution in [0.2, 0.25) is 0 Å². The summed E-state index contributed by atoms with van der Waals surface area (Å²) in [7, 11) is 0. The van der Waals surface area contributed by atoms with Crippen molar-refractivity contribution in [1.82, 2.24) is 30.0 Å². The van der Waals surface area contributed by atoms with Gasteiger partial charge in [0.2, 0.25) is 0 Å². The van der Waals surface area contributed by atoms with Gasteiger partial charge in [-0.3, -0.25) is 0 Å². The highest BCUT2D eigenvalue weighted by molar-refractivity contribution is 7.99. The predicted octanol–water partition coefficient (Wildman–Crippen LogP) is 1.26. The van der Waals surface area contributed by atoms with Crippen LogP contribution in [0.4, 0.5) is 8.78 Å². The van der Waals surface area contributed by atoms with Crippen molar-refractivity contribution in [1.29, 1.82) is 0 Å². The summed E-state index contributed by atoms with van der Waals surface area (Å²) in [5, 5.41) is 58.3. The van der Waals surface area contributed by atoms with Crippen LogP contribution >= 0.6 is 11.8 Å². The SMILES string of the molecule is OC[C@H]1O[C@@H](SC[C@H](O)Cn2cc(-c3cccc(F)c3)nn2)[C@H](O)[C@@H](n2cc(-c3cccc(F)c3)nn2)[C@H]1O. The van der Waals surface area contributed by atoms with Crippen molar-refractivity contribution in [2.45, 2.75) is 42.4 Å². The summed E-state index contributed by atoms with van der Waals surface area (Å²) in [5.41, 5.74) is 0.890. The lowest BCUT2D eigenvalue weighted by Crippen LogP contribution is -2.55. The molecule has 3 heterocycles. The highest BCUT2D eigenvalue weighted by Crippen LogP contribution is 2.35. The molecule has 4 aromatic rings. The number of hydrogen-bond acceptors (Lipinski definition) is 10. The minimum atomic E-state index is -1.31. The molecule has 2 aromatic heterocycles. The molecular weight excluding hydrogens is 534 g/mol. The number of rotatable bonds is 9. The molecule has 0 radical (unpaired) electrons. The molecule has 1 aliphatic heterocycles. The quantitative estimate of drug-likeness (QED) is 0.235. The van der Waals surface area contributed by atoms with E-state index < -0.39 is 54.1 Å². The first kappa shape index (κ1) is 27.3. The highest BCUT2D eigenvalue weighted by atomic mass is 32.2. The lowest BCUT2D eigenvalue weighted by Gasteiger charge is -2.42. The molecule has 206 valence electrons. The normalized spacial score (nSPS) is 24.1. The number of thioether (sulfide) groups is 1. The maximum Gasteiger partial charge on any atom is 0.132 e. The number of aromatic nitrogens is 6. The number of benzene rings is 2. The molecule has 6 atom stereocenters. The second-order valence-electron chi connectivity index (χ2n) is 9.11. The molecule has 1 fully saturated rings. The zero-order valence-electron chi connectivity index (χ0n) is 20.4. The first-order chi connectivity index (χ1) is 18.8. The van der Waals surface area contributed by atoms with E-state index in [0.29, 0.717) is 22.5 Å². The summed E-state index contributed by atoms with van der Waals surface area (Å²) in [6.07, 6.45) is -1.48. The van der Waals surface area contributed by atoms with Crippen LogP contribution in [0.1, 0.15) is 6.04 Å². The monoisotopic (exact) mass is 560 g/mol. The van der Waals surface area contributed by atoms with Crippen LogP contribution in [0.15, 0.2) is 60.9 Å². The highest BCUT2D eigenvalue weighted by Gasteiger charge is 2.46. The fourth-order valence-corrected chi connectivity index (χ4v) is 5.46. The van der Waals surface area contributed by atoms with Crippen LogP contribution in [-0.2, 0) is 11.3 Å². The minimum absolute atomic E-state index is 0.0771. The van der Waals surface area contributed by atoms with Crippen LogP contribution in [-0.4, -0.2) is 92.6 Å². The molecule has 0 spiro atoms. The van der Waals surface area contributed by atoms with E-state index in [2.05, 4.69) is 20.6 Å². The molecule has 14 heteroatoms. The van der Waals surface area contributed by atoms with E-state index in [0.717, 1.165) is 11.8 Å². The van der Waals surface area contributed by atoms with Crippen molar-refractivity contribution in [3.05, 3.63) is 72.6 Å². The molecule has 1 aliphatic rings. The zero-order chi connectivity index (χ0) is 27.5. The van der Waals surface area contributed by atoms with E-state index in [1.807, 2.05) is 0 Å². The van der Waals surface area contributed by atoms with Crippen molar-refractivity contribution < 1.29 is 33.9 Å². The third-order valence-corrected chi connectivity index (χ3v) is 7.59. The Morgan fingerprint density at radius 3 is 2.21 bits per heavy atom. The maximum absolute atomic E-state index is 13.6. The molecule has 11 nitrogen and oxygen atoms in total. The van der Waals surface area contributed by atoms with Gasteiger partial charge in [0, 0.05) is 16.9 Å². The van der Waals surface area contributed by atoms with Crippen molar-refractivity contribution in [2.75, 3.05) is 12.4 Å². The van der Waals surface area contributed by atoms with Gasteiger partial charge in [-0.1, -0.05) is 34.7 Å². The maximum atomic E-state index is 13.6. The third kappa shape index (κ3) is 6.16. The Balaban J connectivity index is 1.24. The summed E-state index contributed by atoms with van der Waals surface area (Å²) in [4.78, 5) is 0. The van der Waals surface area contributed by atoms with Gasteiger partial charge in [-0.25, -0.2) is 18.1 Å². The van der Waals surface area contributed by atoms with Crippen LogP contribution in [0.5, 0.6) is 0 Å². The van der Waals surface area contributed by atoms with Gasteiger partial charge >= 0.3 is 0 Å². The Morgan fingerprint density at radius 2 is 1.56 bits per heavy atom. The van der Waals surface area contributed by atoms with E-state index in [-0.39, 0.29) is 12.3 Å². The summed E-state index contributed by atoms with van der Waals surface area (Å²) in [5.74, 6) is -0.728. The van der Waals surface area contributed by atoms with Crippen molar-refractivity contribution in [2.24, 2.45) is 0 Å². The topological polar surface area (TPSA) is 152 Å². The fourth-order valence-electron chi connectivity index (χ4n) is 4.36. The summed E-state index contributed by atoms with van der Waals surface area (Å²) < 4.78 is 35.6. The molecule has 4 N–H and O–H groups in total. The lowest BCUT2D eigenvalue weighted by molar-refractivity contribution is -0.178. The second kappa shape index (κ2) is 11.9. The third-order valence-electron chi connectivity index (χ3n) is 6.29. The molecule has 0 saturated carbocycles. The standard InChI is InChI=1S/C25H26F2N6O5S/c26-16-5-1-3-14(7-16)19-10-32(30-28-19)9-18(35)13-39-25-24(37)22(23(36)21(12-34)38-25)33-11-20(29-31-33)15-4-2-6-17(27)8-15/h1-8,10-11,18,21-25,34-37H,9,12-13H2/t18-,21-,22+,23+,24-,25+/m1/s1. The Bertz CT molecular complexity index is 1410. The molecule has 39 heavy (non-hydrogen) atoms. The summed E-state index contributed by atoms with van der Waals surface area (Å²) in [6, 6.07) is 10.7. The van der Waals surface area contributed by atoms with E-state index in [4.69, 9.17) is 4.74 Å². The largest absolute Gasteiger partial charge is 0.394 e. The van der Waals surface area contributed by atoms with E-state index in [1.165, 1.54) is 45.9 Å². The Hall–Kier alpha value is -3.27.